The van der Waals surface area contributed by atoms with Crippen molar-refractivity contribution in [3.8, 4) is 0 Å². The zero-order chi connectivity index (χ0) is 19.7. The molecule has 0 aliphatic heterocycles. The first-order valence-corrected chi connectivity index (χ1v) is 10.2. The van der Waals surface area contributed by atoms with E-state index in [2.05, 4.69) is 13.2 Å². The molecule has 0 saturated heterocycles. The first kappa shape index (κ1) is 20.9. The molecule has 1 N–H and O–H groups in total. The van der Waals surface area contributed by atoms with Crippen molar-refractivity contribution < 1.29 is 13.5 Å². The Hall–Kier alpha value is -2.41. The van der Waals surface area contributed by atoms with Crippen molar-refractivity contribution in [1.29, 1.82) is 0 Å². The minimum Gasteiger partial charge on any atom is -0.390 e. The van der Waals surface area contributed by atoms with E-state index in [1.807, 2.05) is 11.0 Å². The molecular formula is C21H26N2O3S. The Bertz CT molecular complexity index is 813. The van der Waals surface area contributed by atoms with Crippen LogP contribution < -0.4 is 4.31 Å². The molecule has 0 saturated carbocycles. The van der Waals surface area contributed by atoms with Gasteiger partial charge < -0.3 is 5.11 Å². The number of benzene rings is 2. The molecule has 0 amide bonds. The van der Waals surface area contributed by atoms with Crippen molar-refractivity contribution in [3.63, 3.8) is 0 Å². The smallest absolute Gasteiger partial charge is 0.264 e. The maximum absolute atomic E-state index is 13.2. The lowest BCUT2D eigenvalue weighted by atomic mass is 10.2. The Balaban J connectivity index is 2.29. The summed E-state index contributed by atoms with van der Waals surface area (Å²) in [7, 11) is -3.80. The molecule has 0 heterocycles. The lowest BCUT2D eigenvalue weighted by Gasteiger charge is -2.29. The summed E-state index contributed by atoms with van der Waals surface area (Å²) in [5.41, 5.74) is 0.513. The quantitative estimate of drug-likeness (QED) is 0.603. The summed E-state index contributed by atoms with van der Waals surface area (Å²) in [6, 6.07) is 17.1. The maximum Gasteiger partial charge on any atom is 0.264 e. The van der Waals surface area contributed by atoms with E-state index in [0.717, 1.165) is 0 Å². The van der Waals surface area contributed by atoms with Gasteiger partial charge in [-0.25, -0.2) is 8.42 Å². The van der Waals surface area contributed by atoms with Crippen molar-refractivity contribution in [2.45, 2.75) is 11.0 Å². The SMILES string of the molecule is C=CCN(CC=C)CC(O)CN(c1ccccc1)S(=O)(=O)c1ccccc1. The third kappa shape index (κ3) is 5.79. The zero-order valence-corrected chi connectivity index (χ0v) is 16.1. The van der Waals surface area contributed by atoms with Gasteiger partial charge in [-0.3, -0.25) is 9.21 Å². The lowest BCUT2D eigenvalue weighted by Crippen LogP contribution is -2.43. The van der Waals surface area contributed by atoms with Gasteiger partial charge >= 0.3 is 0 Å². The van der Waals surface area contributed by atoms with Crippen LogP contribution in [-0.2, 0) is 10.0 Å². The van der Waals surface area contributed by atoms with Crippen molar-refractivity contribution in [2.75, 3.05) is 30.5 Å². The molecule has 1 atom stereocenters. The van der Waals surface area contributed by atoms with Crippen molar-refractivity contribution in [3.05, 3.63) is 86.0 Å². The van der Waals surface area contributed by atoms with Gasteiger partial charge in [0.2, 0.25) is 0 Å². The molecule has 2 rings (SSSR count). The van der Waals surface area contributed by atoms with Crippen LogP contribution in [0.5, 0.6) is 0 Å². The molecule has 0 fully saturated rings. The maximum atomic E-state index is 13.2. The highest BCUT2D eigenvalue weighted by molar-refractivity contribution is 7.92. The minimum absolute atomic E-state index is 0.0496. The molecule has 144 valence electrons. The Labute approximate surface area is 161 Å². The van der Waals surface area contributed by atoms with E-state index in [1.54, 1.807) is 66.7 Å². The van der Waals surface area contributed by atoms with Crippen LogP contribution in [0.3, 0.4) is 0 Å². The van der Waals surface area contributed by atoms with Crippen LogP contribution in [0.25, 0.3) is 0 Å². The predicted molar refractivity (Wildman–Crippen MR) is 110 cm³/mol. The summed E-state index contributed by atoms with van der Waals surface area (Å²) in [5.74, 6) is 0. The van der Waals surface area contributed by atoms with Gasteiger partial charge in [0, 0.05) is 19.6 Å². The van der Waals surface area contributed by atoms with Gasteiger partial charge in [-0.1, -0.05) is 48.6 Å². The molecule has 0 spiro atoms. The first-order valence-electron chi connectivity index (χ1n) is 8.74. The third-order valence-electron chi connectivity index (χ3n) is 4.00. The number of aliphatic hydroxyl groups excluding tert-OH is 1. The summed E-state index contributed by atoms with van der Waals surface area (Å²) in [5, 5.41) is 10.6. The van der Waals surface area contributed by atoms with Crippen molar-refractivity contribution in [2.24, 2.45) is 0 Å². The van der Waals surface area contributed by atoms with E-state index in [4.69, 9.17) is 0 Å². The molecular weight excluding hydrogens is 360 g/mol. The topological polar surface area (TPSA) is 60.9 Å². The summed E-state index contributed by atoms with van der Waals surface area (Å²) < 4.78 is 27.6. The lowest BCUT2D eigenvalue weighted by molar-refractivity contribution is 0.132. The molecule has 0 aliphatic rings. The highest BCUT2D eigenvalue weighted by atomic mass is 32.2. The van der Waals surface area contributed by atoms with Crippen LogP contribution in [0, 0.1) is 0 Å². The monoisotopic (exact) mass is 386 g/mol. The van der Waals surface area contributed by atoms with Gasteiger partial charge in [0.15, 0.2) is 0 Å². The molecule has 5 nitrogen and oxygen atoms in total. The fraction of sp³-hybridized carbons (Fsp3) is 0.238. The van der Waals surface area contributed by atoms with Gasteiger partial charge in [-0.05, 0) is 24.3 Å². The van der Waals surface area contributed by atoms with Crippen LogP contribution in [0.2, 0.25) is 0 Å². The Morgan fingerprint density at radius 1 is 0.889 bits per heavy atom. The molecule has 0 radical (unpaired) electrons. The van der Waals surface area contributed by atoms with E-state index in [-0.39, 0.29) is 11.4 Å². The van der Waals surface area contributed by atoms with Crippen molar-refractivity contribution >= 4 is 15.7 Å². The molecule has 0 aromatic heterocycles. The van der Waals surface area contributed by atoms with E-state index in [1.165, 1.54) is 4.31 Å². The zero-order valence-electron chi connectivity index (χ0n) is 15.3. The first-order chi connectivity index (χ1) is 13.0. The van der Waals surface area contributed by atoms with Gasteiger partial charge in [-0.2, -0.15) is 0 Å². The number of aliphatic hydroxyl groups is 1. The number of anilines is 1. The van der Waals surface area contributed by atoms with Gasteiger partial charge in [0.05, 0.1) is 23.2 Å². The molecule has 0 aliphatic carbocycles. The average Bonchev–Trinajstić information content (AvgIpc) is 2.68. The number of nitrogens with zero attached hydrogens (tertiary/aromatic N) is 2. The third-order valence-corrected chi connectivity index (χ3v) is 5.80. The van der Waals surface area contributed by atoms with E-state index < -0.39 is 16.1 Å². The fourth-order valence-corrected chi connectivity index (χ4v) is 4.32. The van der Waals surface area contributed by atoms with Crippen LogP contribution in [-0.4, -0.2) is 50.7 Å². The van der Waals surface area contributed by atoms with Crippen LogP contribution >= 0.6 is 0 Å². The largest absolute Gasteiger partial charge is 0.390 e. The Morgan fingerprint density at radius 2 is 1.41 bits per heavy atom. The molecule has 6 heteroatoms. The van der Waals surface area contributed by atoms with Gasteiger partial charge in [0.25, 0.3) is 10.0 Å². The molecule has 0 bridgehead atoms. The summed E-state index contributed by atoms with van der Waals surface area (Å²) >= 11 is 0. The number of para-hydroxylation sites is 1. The summed E-state index contributed by atoms with van der Waals surface area (Å²) in [6.07, 6.45) is 2.61. The highest BCUT2D eigenvalue weighted by Gasteiger charge is 2.27. The van der Waals surface area contributed by atoms with Crippen LogP contribution in [0.4, 0.5) is 5.69 Å². The second-order valence-electron chi connectivity index (χ2n) is 6.13. The normalized spacial score (nSPS) is 12.5. The summed E-state index contributed by atoms with van der Waals surface area (Å²) in [6.45, 7) is 8.86. The predicted octanol–water partition coefficient (Wildman–Crippen LogP) is 2.92. The van der Waals surface area contributed by atoms with E-state index in [9.17, 15) is 13.5 Å². The highest BCUT2D eigenvalue weighted by Crippen LogP contribution is 2.23. The van der Waals surface area contributed by atoms with E-state index in [0.29, 0.717) is 25.3 Å². The minimum atomic E-state index is -3.80. The standard InChI is InChI=1S/C21H26N2O3S/c1-3-15-22(16-4-2)17-20(24)18-23(19-11-7-5-8-12-19)27(25,26)21-13-9-6-10-14-21/h3-14,20,24H,1-2,15-18H2. The van der Waals surface area contributed by atoms with E-state index >= 15 is 0 Å². The number of sulfonamides is 1. The Kier molecular flexibility index (Phi) is 7.79. The second kappa shape index (κ2) is 10.1. The number of hydrogen-bond acceptors (Lipinski definition) is 4. The fourth-order valence-electron chi connectivity index (χ4n) is 2.79. The van der Waals surface area contributed by atoms with Gasteiger partial charge in [-0.15, -0.1) is 13.2 Å². The van der Waals surface area contributed by atoms with Crippen LogP contribution in [0.1, 0.15) is 0 Å². The molecule has 1 unspecified atom stereocenters. The molecule has 2 aromatic carbocycles. The summed E-state index contributed by atoms with van der Waals surface area (Å²) in [4.78, 5) is 2.14. The van der Waals surface area contributed by atoms with Crippen molar-refractivity contribution in [1.82, 2.24) is 4.90 Å². The second-order valence-corrected chi connectivity index (χ2v) is 8.00. The number of rotatable bonds is 11. The van der Waals surface area contributed by atoms with Crippen LogP contribution in [0.15, 0.2) is 90.9 Å². The number of hydrogen-bond donors (Lipinski definition) is 1. The molecule has 2 aromatic rings. The average molecular weight is 387 g/mol. The Morgan fingerprint density at radius 3 is 1.93 bits per heavy atom. The molecule has 27 heavy (non-hydrogen) atoms. The van der Waals surface area contributed by atoms with Gasteiger partial charge in [0.1, 0.15) is 0 Å².